The molecule has 4 rings (SSSR count). The van der Waals surface area contributed by atoms with Crippen molar-refractivity contribution in [2.75, 3.05) is 6.61 Å². The predicted molar refractivity (Wildman–Crippen MR) is 115 cm³/mol. The van der Waals surface area contributed by atoms with Crippen molar-refractivity contribution in [3.8, 4) is 5.75 Å². The fourth-order valence-electron chi connectivity index (χ4n) is 2.49. The molecule has 0 saturated carbocycles. The van der Waals surface area contributed by atoms with Crippen LogP contribution in [-0.2, 0) is 4.79 Å². The zero-order valence-electron chi connectivity index (χ0n) is 14.5. The number of benzene rings is 1. The number of nitrogens with one attached hydrogen (secondary N) is 1. The number of halogens is 2. The number of furan rings is 1. The van der Waals surface area contributed by atoms with Gasteiger partial charge in [-0.1, -0.05) is 12.1 Å². The lowest BCUT2D eigenvalue weighted by molar-refractivity contribution is -0.114. The van der Waals surface area contributed by atoms with E-state index >= 15 is 0 Å². The third-order valence-corrected chi connectivity index (χ3v) is 5.04. The predicted octanol–water partition coefficient (Wildman–Crippen LogP) is 4.47. The highest BCUT2D eigenvalue weighted by atomic mass is 79.9. The van der Waals surface area contributed by atoms with Crippen molar-refractivity contribution in [1.82, 2.24) is 5.01 Å². The molecule has 28 heavy (non-hydrogen) atoms. The Kier molecular flexibility index (Phi) is 6.07. The molecule has 1 N–H and O–H groups in total. The number of carbonyl (C=O) groups is 1. The largest absolute Gasteiger partial charge is 0.487 e. The molecule has 1 aromatic heterocycles. The molecule has 144 valence electrons. The van der Waals surface area contributed by atoms with E-state index in [-0.39, 0.29) is 30.4 Å². The van der Waals surface area contributed by atoms with Crippen molar-refractivity contribution in [3.63, 3.8) is 0 Å². The van der Waals surface area contributed by atoms with Crippen molar-refractivity contribution < 1.29 is 13.9 Å². The van der Waals surface area contributed by atoms with Crippen LogP contribution < -0.4 is 4.74 Å². The van der Waals surface area contributed by atoms with Gasteiger partial charge in [0.15, 0.2) is 10.5 Å². The van der Waals surface area contributed by atoms with Gasteiger partial charge in [-0.15, -0.1) is 12.4 Å². The highest BCUT2D eigenvalue weighted by Crippen LogP contribution is 2.29. The average molecular weight is 482 g/mol. The Morgan fingerprint density at radius 2 is 2.18 bits per heavy atom. The number of aliphatic imine (C=N–C) groups is 1. The minimum absolute atomic E-state index is 0. The molecule has 2 aromatic rings. The van der Waals surface area contributed by atoms with Crippen LogP contribution in [0.3, 0.4) is 0 Å². The van der Waals surface area contributed by atoms with Gasteiger partial charge in [0.25, 0.3) is 5.91 Å². The molecule has 0 atom stereocenters. The maximum atomic E-state index is 12.3. The number of thioether (sulfide) groups is 1. The lowest BCUT2D eigenvalue weighted by atomic mass is 10.1. The van der Waals surface area contributed by atoms with Gasteiger partial charge in [-0.2, -0.15) is 15.1 Å². The average Bonchev–Trinajstić information content (AvgIpc) is 3.23. The standard InChI is InChI=1S/C18H13BrN4O3S.ClH/c1-10-3-2-4-11(7-10)25-9-15-22-23-16(20)13(17(24)21-18(23)27-15)8-12-5-6-14(19)26-12;/h2-8,20H,9H2,1H3;1H. The minimum Gasteiger partial charge on any atom is -0.487 e. The maximum Gasteiger partial charge on any atom is 0.283 e. The number of rotatable bonds is 4. The zero-order valence-corrected chi connectivity index (χ0v) is 17.7. The summed E-state index contributed by atoms with van der Waals surface area (Å²) in [5.74, 6) is 0.644. The van der Waals surface area contributed by atoms with Crippen molar-refractivity contribution in [3.05, 3.63) is 58.0 Å². The summed E-state index contributed by atoms with van der Waals surface area (Å²) in [7, 11) is 0. The maximum absolute atomic E-state index is 12.3. The SMILES string of the molecule is Cc1cccc(OCC2=NN3C(=N)C(=Cc4ccc(Br)o4)C(=O)N=C3S2)c1.Cl. The van der Waals surface area contributed by atoms with Crippen LogP contribution in [0, 0.1) is 12.3 Å². The normalized spacial score (nSPS) is 17.2. The number of carbonyl (C=O) groups excluding carboxylic acids is 1. The Hall–Kier alpha value is -2.36. The fraction of sp³-hybridized carbons (Fsp3) is 0.111. The molecular weight excluding hydrogens is 468 g/mol. The third kappa shape index (κ3) is 4.21. The molecule has 0 radical (unpaired) electrons. The van der Waals surface area contributed by atoms with Gasteiger partial charge in [0, 0.05) is 0 Å². The van der Waals surface area contributed by atoms with Crippen LogP contribution in [0.4, 0.5) is 0 Å². The van der Waals surface area contributed by atoms with Crippen LogP contribution in [0.2, 0.25) is 0 Å². The Morgan fingerprint density at radius 3 is 2.89 bits per heavy atom. The molecular formula is C18H14BrClN4O3S. The molecule has 2 aliphatic rings. The van der Waals surface area contributed by atoms with E-state index in [0.717, 1.165) is 11.3 Å². The second-order valence-electron chi connectivity index (χ2n) is 5.76. The van der Waals surface area contributed by atoms with Crippen molar-refractivity contribution >= 4 is 68.1 Å². The van der Waals surface area contributed by atoms with Gasteiger partial charge in [0.05, 0.1) is 5.57 Å². The number of nitrogens with zero attached hydrogens (tertiary/aromatic N) is 3. The number of aryl methyl sites for hydroxylation is 1. The molecule has 0 fully saturated rings. The summed E-state index contributed by atoms with van der Waals surface area (Å²) >= 11 is 4.43. The smallest absolute Gasteiger partial charge is 0.283 e. The van der Waals surface area contributed by atoms with Crippen LogP contribution in [0.25, 0.3) is 6.08 Å². The number of hydrazone groups is 1. The topological polar surface area (TPSA) is 91.2 Å². The molecule has 7 nitrogen and oxygen atoms in total. The number of hydrogen-bond donors (Lipinski definition) is 1. The first kappa shape index (κ1) is 20.4. The Bertz CT molecular complexity index is 1050. The number of amides is 1. The molecule has 0 bridgehead atoms. The van der Waals surface area contributed by atoms with Gasteiger partial charge in [-0.3, -0.25) is 10.2 Å². The highest BCUT2D eigenvalue weighted by molar-refractivity contribution is 9.10. The second-order valence-corrected chi connectivity index (χ2v) is 7.58. The summed E-state index contributed by atoms with van der Waals surface area (Å²) < 4.78 is 11.7. The van der Waals surface area contributed by atoms with Gasteiger partial charge < -0.3 is 9.15 Å². The Balaban J connectivity index is 0.00000225. The molecule has 1 amide bonds. The van der Waals surface area contributed by atoms with Crippen LogP contribution in [0.15, 0.2) is 61.2 Å². The summed E-state index contributed by atoms with van der Waals surface area (Å²) in [5, 5.41) is 15.0. The first-order valence-electron chi connectivity index (χ1n) is 7.93. The van der Waals surface area contributed by atoms with E-state index in [1.54, 1.807) is 12.1 Å². The quantitative estimate of drug-likeness (QED) is 0.651. The summed E-state index contributed by atoms with van der Waals surface area (Å²) in [6, 6.07) is 11.1. The molecule has 10 heteroatoms. The van der Waals surface area contributed by atoms with Gasteiger partial charge >= 0.3 is 0 Å². The number of fused-ring (bicyclic) bond motifs is 1. The lowest BCUT2D eigenvalue weighted by Gasteiger charge is -2.19. The zero-order chi connectivity index (χ0) is 19.0. The summed E-state index contributed by atoms with van der Waals surface area (Å²) in [4.78, 5) is 16.3. The van der Waals surface area contributed by atoms with Gasteiger partial charge in [-0.05, 0) is 70.5 Å². The van der Waals surface area contributed by atoms with Crippen molar-refractivity contribution in [2.45, 2.75) is 6.92 Å². The molecule has 2 aliphatic heterocycles. The molecule has 0 aliphatic carbocycles. The van der Waals surface area contributed by atoms with Crippen LogP contribution in [0.5, 0.6) is 5.75 Å². The third-order valence-electron chi connectivity index (χ3n) is 3.73. The summed E-state index contributed by atoms with van der Waals surface area (Å²) in [6.45, 7) is 2.22. The van der Waals surface area contributed by atoms with Gasteiger partial charge in [-0.25, -0.2) is 0 Å². The summed E-state index contributed by atoms with van der Waals surface area (Å²) in [5.41, 5.74) is 1.22. The second kappa shape index (κ2) is 8.34. The van der Waals surface area contributed by atoms with E-state index < -0.39 is 5.91 Å². The Morgan fingerprint density at radius 1 is 1.36 bits per heavy atom. The minimum atomic E-state index is -0.498. The Labute approximate surface area is 179 Å². The van der Waals surface area contributed by atoms with Crippen LogP contribution in [-0.4, -0.2) is 33.6 Å². The monoisotopic (exact) mass is 480 g/mol. The van der Waals surface area contributed by atoms with E-state index in [0.29, 0.717) is 20.6 Å². The molecule has 0 saturated heterocycles. The lowest BCUT2D eigenvalue weighted by Crippen LogP contribution is -2.35. The summed E-state index contributed by atoms with van der Waals surface area (Å²) in [6.07, 6.45) is 1.48. The molecule has 3 heterocycles. The molecule has 0 spiro atoms. The van der Waals surface area contributed by atoms with E-state index in [2.05, 4.69) is 26.0 Å². The van der Waals surface area contributed by atoms with Gasteiger partial charge in [0.1, 0.15) is 23.2 Å². The van der Waals surface area contributed by atoms with E-state index in [1.165, 1.54) is 22.8 Å². The first-order valence-corrected chi connectivity index (χ1v) is 9.54. The van der Waals surface area contributed by atoms with E-state index in [1.807, 2.05) is 31.2 Å². The highest BCUT2D eigenvalue weighted by Gasteiger charge is 2.36. The van der Waals surface area contributed by atoms with Crippen LogP contribution >= 0.6 is 40.1 Å². The van der Waals surface area contributed by atoms with Crippen molar-refractivity contribution in [2.24, 2.45) is 10.1 Å². The van der Waals surface area contributed by atoms with Gasteiger partial charge in [0.2, 0.25) is 5.17 Å². The first-order chi connectivity index (χ1) is 13.0. The number of hydrogen-bond acceptors (Lipinski definition) is 6. The van der Waals surface area contributed by atoms with Crippen molar-refractivity contribution in [1.29, 1.82) is 5.41 Å². The fourth-order valence-corrected chi connectivity index (χ4v) is 3.61. The van der Waals surface area contributed by atoms with Crippen LogP contribution in [0.1, 0.15) is 11.3 Å². The molecule has 0 unspecified atom stereocenters. The molecule has 1 aromatic carbocycles. The van der Waals surface area contributed by atoms with E-state index in [9.17, 15) is 4.79 Å². The number of ether oxygens (including phenoxy) is 1. The number of amidine groups is 2. The van der Waals surface area contributed by atoms with E-state index in [4.69, 9.17) is 14.6 Å².